The van der Waals surface area contributed by atoms with Crippen LogP contribution < -0.4 is 4.80 Å². The Morgan fingerprint density at radius 3 is 2.78 bits per heavy atom. The van der Waals surface area contributed by atoms with E-state index in [0.717, 1.165) is 14.0 Å². The maximum absolute atomic E-state index is 12.3. The summed E-state index contributed by atoms with van der Waals surface area (Å²) in [6.45, 7) is 4.26. The van der Waals surface area contributed by atoms with Crippen LogP contribution in [-0.4, -0.2) is 10.5 Å². The standard InChI is InChI=1S/C15H9BrCl2N2OS2/c1-2-5-20-13-9(18)6-8(17)7-11(13)23-15(20)19-14(21)10-3-4-12(16)22-10/h2-4,6-7H,1,5H2. The van der Waals surface area contributed by atoms with Gasteiger partial charge < -0.3 is 4.57 Å². The quantitative estimate of drug-likeness (QED) is 0.470. The lowest BCUT2D eigenvalue weighted by molar-refractivity contribution is 0.100. The molecular weight excluding hydrogens is 439 g/mol. The zero-order chi connectivity index (χ0) is 16.6. The number of rotatable bonds is 3. The van der Waals surface area contributed by atoms with Gasteiger partial charge in [0.2, 0.25) is 0 Å². The molecule has 0 saturated heterocycles. The molecule has 1 amide bonds. The molecule has 0 aliphatic carbocycles. The molecule has 0 unspecified atom stereocenters. The predicted molar refractivity (Wildman–Crippen MR) is 102 cm³/mol. The van der Waals surface area contributed by atoms with Gasteiger partial charge >= 0.3 is 0 Å². The topological polar surface area (TPSA) is 34.4 Å². The SMILES string of the molecule is C=CCn1c(=NC(=O)c2ccc(Br)s2)sc2cc(Cl)cc(Cl)c21. The van der Waals surface area contributed by atoms with Gasteiger partial charge in [-0.3, -0.25) is 4.79 Å². The summed E-state index contributed by atoms with van der Waals surface area (Å²) in [5.41, 5.74) is 0.805. The van der Waals surface area contributed by atoms with Crippen molar-refractivity contribution >= 4 is 77.9 Å². The first-order valence-corrected chi connectivity index (χ1v) is 9.61. The Kier molecular flexibility index (Phi) is 5.08. The molecule has 0 N–H and O–H groups in total. The van der Waals surface area contributed by atoms with Crippen LogP contribution in [0.25, 0.3) is 10.2 Å². The Morgan fingerprint density at radius 2 is 2.13 bits per heavy atom. The van der Waals surface area contributed by atoms with Crippen molar-refractivity contribution < 1.29 is 4.79 Å². The summed E-state index contributed by atoms with van der Waals surface area (Å²) in [7, 11) is 0. The van der Waals surface area contributed by atoms with Gasteiger partial charge in [-0.15, -0.1) is 17.9 Å². The van der Waals surface area contributed by atoms with Gasteiger partial charge in [0, 0.05) is 11.6 Å². The molecule has 2 heterocycles. The van der Waals surface area contributed by atoms with E-state index in [2.05, 4.69) is 27.5 Å². The lowest BCUT2D eigenvalue weighted by Gasteiger charge is -2.03. The number of hydrogen-bond donors (Lipinski definition) is 0. The molecule has 3 aromatic rings. The Morgan fingerprint density at radius 1 is 1.35 bits per heavy atom. The molecule has 1 aromatic carbocycles. The molecule has 2 aromatic heterocycles. The van der Waals surface area contributed by atoms with E-state index in [4.69, 9.17) is 23.2 Å². The van der Waals surface area contributed by atoms with Crippen LogP contribution in [0.1, 0.15) is 9.67 Å². The van der Waals surface area contributed by atoms with Crippen LogP contribution >= 0.6 is 61.8 Å². The normalized spacial score (nSPS) is 12.0. The fourth-order valence-corrected chi connectivity index (χ4v) is 5.17. The zero-order valence-electron chi connectivity index (χ0n) is 11.6. The molecule has 0 aliphatic heterocycles. The van der Waals surface area contributed by atoms with Crippen LogP contribution in [0.4, 0.5) is 0 Å². The monoisotopic (exact) mass is 446 g/mol. The second-order valence-electron chi connectivity index (χ2n) is 4.54. The van der Waals surface area contributed by atoms with Crippen LogP contribution in [-0.2, 0) is 6.54 Å². The number of nitrogens with zero attached hydrogens (tertiary/aromatic N) is 2. The number of allylic oxidation sites excluding steroid dienone is 1. The number of amides is 1. The minimum absolute atomic E-state index is 0.285. The molecule has 0 atom stereocenters. The number of thiazole rings is 1. The maximum atomic E-state index is 12.3. The van der Waals surface area contributed by atoms with Crippen molar-refractivity contribution in [1.29, 1.82) is 0 Å². The average Bonchev–Trinajstić information content (AvgIpc) is 3.04. The van der Waals surface area contributed by atoms with Crippen molar-refractivity contribution in [2.24, 2.45) is 4.99 Å². The average molecular weight is 448 g/mol. The molecule has 0 radical (unpaired) electrons. The molecule has 3 nitrogen and oxygen atoms in total. The first kappa shape index (κ1) is 16.9. The molecule has 3 rings (SSSR count). The number of hydrogen-bond acceptors (Lipinski definition) is 3. The van der Waals surface area contributed by atoms with Gasteiger partial charge in [-0.25, -0.2) is 0 Å². The molecule has 0 spiro atoms. The largest absolute Gasteiger partial charge is 0.311 e. The van der Waals surface area contributed by atoms with E-state index in [9.17, 15) is 4.79 Å². The number of thiophene rings is 1. The van der Waals surface area contributed by atoms with Crippen LogP contribution in [0.5, 0.6) is 0 Å². The van der Waals surface area contributed by atoms with E-state index in [1.54, 1.807) is 18.2 Å². The first-order valence-electron chi connectivity index (χ1n) is 6.43. The summed E-state index contributed by atoms with van der Waals surface area (Å²) in [4.78, 5) is 17.7. The van der Waals surface area contributed by atoms with E-state index in [0.29, 0.717) is 26.3 Å². The fraction of sp³-hybridized carbons (Fsp3) is 0.0667. The number of carbonyl (C=O) groups is 1. The minimum Gasteiger partial charge on any atom is -0.311 e. The lowest BCUT2D eigenvalue weighted by atomic mass is 10.3. The highest BCUT2D eigenvalue weighted by Crippen LogP contribution is 2.30. The predicted octanol–water partition coefficient (Wildman–Crippen LogP) is 5.76. The maximum Gasteiger partial charge on any atom is 0.289 e. The van der Waals surface area contributed by atoms with Crippen molar-refractivity contribution in [3.8, 4) is 0 Å². The van der Waals surface area contributed by atoms with Crippen LogP contribution in [0.3, 0.4) is 0 Å². The van der Waals surface area contributed by atoms with Gasteiger partial charge in [-0.05, 0) is 40.2 Å². The third-order valence-corrected chi connectivity index (χ3v) is 6.13. The second kappa shape index (κ2) is 6.91. The van der Waals surface area contributed by atoms with Crippen LogP contribution in [0.2, 0.25) is 10.0 Å². The van der Waals surface area contributed by atoms with Crippen molar-refractivity contribution in [2.75, 3.05) is 0 Å². The van der Waals surface area contributed by atoms with Gasteiger partial charge in [0.25, 0.3) is 5.91 Å². The third kappa shape index (κ3) is 3.46. The summed E-state index contributed by atoms with van der Waals surface area (Å²) in [5.74, 6) is -0.285. The summed E-state index contributed by atoms with van der Waals surface area (Å²) >= 11 is 18.4. The van der Waals surface area contributed by atoms with Gasteiger partial charge in [-0.1, -0.05) is 40.6 Å². The van der Waals surface area contributed by atoms with Crippen LogP contribution in [0, 0.1) is 0 Å². The highest BCUT2D eigenvalue weighted by atomic mass is 79.9. The number of aromatic nitrogens is 1. The second-order valence-corrected chi connectivity index (χ2v) is 8.85. The van der Waals surface area contributed by atoms with E-state index < -0.39 is 0 Å². The molecule has 0 saturated carbocycles. The van der Waals surface area contributed by atoms with Gasteiger partial charge in [0.05, 0.1) is 23.9 Å². The summed E-state index contributed by atoms with van der Waals surface area (Å²) in [6.07, 6.45) is 1.74. The van der Waals surface area contributed by atoms with Gasteiger partial charge in [0.1, 0.15) is 0 Å². The molecule has 0 aliphatic rings. The molecule has 23 heavy (non-hydrogen) atoms. The summed E-state index contributed by atoms with van der Waals surface area (Å²) in [6, 6.07) is 7.07. The van der Waals surface area contributed by atoms with Gasteiger partial charge in [0.15, 0.2) is 4.80 Å². The molecule has 0 fully saturated rings. The number of halogens is 3. The molecule has 8 heteroatoms. The summed E-state index contributed by atoms with van der Waals surface area (Å²) in [5, 5.41) is 1.08. The van der Waals surface area contributed by atoms with E-state index in [1.807, 2.05) is 16.7 Å². The molecule has 0 bridgehead atoms. The fourth-order valence-electron chi connectivity index (χ4n) is 2.08. The van der Waals surface area contributed by atoms with Crippen molar-refractivity contribution in [3.63, 3.8) is 0 Å². The van der Waals surface area contributed by atoms with Gasteiger partial charge in [-0.2, -0.15) is 4.99 Å². The van der Waals surface area contributed by atoms with E-state index in [-0.39, 0.29) is 5.91 Å². The summed E-state index contributed by atoms with van der Waals surface area (Å²) < 4.78 is 3.64. The number of carbonyl (C=O) groups excluding carboxylic acids is 1. The number of benzene rings is 1. The van der Waals surface area contributed by atoms with Crippen LogP contribution in [0.15, 0.2) is 45.7 Å². The Bertz CT molecular complexity index is 987. The first-order chi connectivity index (χ1) is 11.0. The minimum atomic E-state index is -0.285. The Balaban J connectivity index is 2.22. The van der Waals surface area contributed by atoms with Crippen molar-refractivity contribution in [2.45, 2.75) is 6.54 Å². The number of fused-ring (bicyclic) bond motifs is 1. The highest BCUT2D eigenvalue weighted by molar-refractivity contribution is 9.11. The molecule has 118 valence electrons. The zero-order valence-corrected chi connectivity index (χ0v) is 16.3. The highest BCUT2D eigenvalue weighted by Gasteiger charge is 2.13. The smallest absolute Gasteiger partial charge is 0.289 e. The van der Waals surface area contributed by atoms with Crippen molar-refractivity contribution in [1.82, 2.24) is 4.57 Å². The van der Waals surface area contributed by atoms with E-state index in [1.165, 1.54) is 22.7 Å². The Hall–Kier alpha value is -0.920. The van der Waals surface area contributed by atoms with E-state index >= 15 is 0 Å². The Labute approximate surface area is 158 Å². The lowest BCUT2D eigenvalue weighted by Crippen LogP contribution is -2.16. The van der Waals surface area contributed by atoms with Crippen molar-refractivity contribution in [3.05, 3.63) is 60.4 Å². The third-order valence-electron chi connectivity index (χ3n) is 2.99. The molecular formula is C15H9BrCl2N2OS2.